The fraction of sp³-hybridized carbons (Fsp3) is 0.700. The smallest absolute Gasteiger partial charge is 0.407 e. The van der Waals surface area contributed by atoms with Crippen molar-refractivity contribution in [3.8, 4) is 0 Å². The summed E-state index contributed by atoms with van der Waals surface area (Å²) in [5.41, 5.74) is -0.565. The van der Waals surface area contributed by atoms with Gasteiger partial charge in [0.1, 0.15) is 5.60 Å². The minimum Gasteiger partial charge on any atom is -0.468 e. The standard InChI is InChI=1S/C10H19N3O4/c1-10(2,3)17-9(15)12-6-5-7(14)13-8(11)16-4/h5-6H2,1-4H3,(H,12,15)(H2,11,13,14). The van der Waals surface area contributed by atoms with Crippen LogP contribution in [0.3, 0.4) is 0 Å². The van der Waals surface area contributed by atoms with Crippen LogP contribution in [0, 0.1) is 5.41 Å². The highest BCUT2D eigenvalue weighted by Crippen LogP contribution is 2.06. The van der Waals surface area contributed by atoms with Crippen LogP contribution >= 0.6 is 0 Å². The molecule has 0 radical (unpaired) electrons. The van der Waals surface area contributed by atoms with Crippen LogP contribution < -0.4 is 10.6 Å². The SMILES string of the molecule is COC(=N)NC(=O)CCNC(=O)OC(C)(C)C. The molecule has 0 aromatic heterocycles. The first-order valence-corrected chi connectivity index (χ1v) is 5.14. The van der Waals surface area contributed by atoms with Crippen molar-refractivity contribution in [3.63, 3.8) is 0 Å². The lowest BCUT2D eigenvalue weighted by atomic mass is 10.2. The van der Waals surface area contributed by atoms with Gasteiger partial charge in [-0.3, -0.25) is 15.5 Å². The Labute approximate surface area is 100 Å². The van der Waals surface area contributed by atoms with E-state index in [-0.39, 0.29) is 19.0 Å². The highest BCUT2D eigenvalue weighted by molar-refractivity contribution is 5.92. The maximum Gasteiger partial charge on any atom is 0.407 e. The molecule has 17 heavy (non-hydrogen) atoms. The Morgan fingerprint density at radius 2 is 1.88 bits per heavy atom. The van der Waals surface area contributed by atoms with Gasteiger partial charge in [0.25, 0.3) is 6.02 Å². The van der Waals surface area contributed by atoms with Crippen LogP contribution in [0.5, 0.6) is 0 Å². The van der Waals surface area contributed by atoms with Gasteiger partial charge in [0, 0.05) is 13.0 Å². The number of amidine groups is 1. The van der Waals surface area contributed by atoms with E-state index in [2.05, 4.69) is 15.4 Å². The molecule has 0 aliphatic rings. The molecule has 0 aromatic carbocycles. The number of hydrogen-bond donors (Lipinski definition) is 3. The van der Waals surface area contributed by atoms with Gasteiger partial charge in [-0.25, -0.2) is 4.79 Å². The third-order valence-electron chi connectivity index (χ3n) is 1.48. The summed E-state index contributed by atoms with van der Waals surface area (Å²) < 4.78 is 9.43. The summed E-state index contributed by atoms with van der Waals surface area (Å²) in [4.78, 5) is 22.3. The number of alkyl carbamates (subject to hydrolysis) is 1. The number of hydrogen-bond acceptors (Lipinski definition) is 5. The molecule has 0 saturated carbocycles. The van der Waals surface area contributed by atoms with Gasteiger partial charge in [0.15, 0.2) is 0 Å². The molecule has 0 rings (SSSR count). The van der Waals surface area contributed by atoms with E-state index >= 15 is 0 Å². The number of rotatable bonds is 3. The summed E-state index contributed by atoms with van der Waals surface area (Å²) >= 11 is 0. The summed E-state index contributed by atoms with van der Waals surface area (Å²) in [5, 5.41) is 11.6. The van der Waals surface area contributed by atoms with Gasteiger partial charge in [-0.2, -0.15) is 0 Å². The van der Waals surface area contributed by atoms with E-state index in [1.807, 2.05) is 0 Å². The first-order chi connectivity index (χ1) is 7.74. The Bertz CT molecular complexity index is 296. The van der Waals surface area contributed by atoms with Crippen LogP contribution in [-0.4, -0.2) is 37.3 Å². The highest BCUT2D eigenvalue weighted by Gasteiger charge is 2.15. The fourth-order valence-corrected chi connectivity index (χ4v) is 0.832. The quantitative estimate of drug-likeness (QED) is 0.500. The van der Waals surface area contributed by atoms with Gasteiger partial charge < -0.3 is 14.8 Å². The monoisotopic (exact) mass is 245 g/mol. The molecule has 0 bridgehead atoms. The molecule has 0 aliphatic carbocycles. The first kappa shape index (κ1) is 15.2. The summed E-state index contributed by atoms with van der Waals surface area (Å²) in [7, 11) is 1.28. The Morgan fingerprint density at radius 3 is 2.35 bits per heavy atom. The van der Waals surface area contributed by atoms with Gasteiger partial charge in [-0.15, -0.1) is 0 Å². The maximum atomic E-state index is 11.2. The number of nitrogens with one attached hydrogen (secondary N) is 3. The van der Waals surface area contributed by atoms with Gasteiger partial charge in [-0.1, -0.05) is 0 Å². The van der Waals surface area contributed by atoms with E-state index in [0.717, 1.165) is 0 Å². The summed E-state index contributed by atoms with van der Waals surface area (Å²) in [6.45, 7) is 5.38. The second-order valence-corrected chi connectivity index (χ2v) is 4.26. The first-order valence-electron chi connectivity index (χ1n) is 5.14. The largest absolute Gasteiger partial charge is 0.468 e. The molecule has 98 valence electrons. The summed E-state index contributed by atoms with van der Waals surface area (Å²) in [5.74, 6) is -0.409. The second-order valence-electron chi connectivity index (χ2n) is 4.26. The fourth-order valence-electron chi connectivity index (χ4n) is 0.832. The number of carbonyl (C=O) groups excluding carboxylic acids is 2. The topological polar surface area (TPSA) is 101 Å². The van der Waals surface area contributed by atoms with Gasteiger partial charge in [-0.05, 0) is 20.8 Å². The normalized spacial score (nSPS) is 10.4. The third-order valence-corrected chi connectivity index (χ3v) is 1.48. The number of ether oxygens (including phenoxy) is 2. The molecule has 0 unspecified atom stereocenters. The van der Waals surface area contributed by atoms with Crippen LogP contribution in [0.15, 0.2) is 0 Å². The predicted octanol–water partition coefficient (Wildman–Crippen LogP) is 0.599. The predicted molar refractivity (Wildman–Crippen MR) is 61.7 cm³/mol. The lowest BCUT2D eigenvalue weighted by molar-refractivity contribution is -0.119. The molecule has 2 amide bonds. The van der Waals surface area contributed by atoms with Crippen LogP contribution in [0.2, 0.25) is 0 Å². The van der Waals surface area contributed by atoms with Crippen molar-refractivity contribution in [3.05, 3.63) is 0 Å². The van der Waals surface area contributed by atoms with Crippen LogP contribution in [0.25, 0.3) is 0 Å². The molecule has 0 atom stereocenters. The second kappa shape index (κ2) is 6.72. The van der Waals surface area contributed by atoms with Crippen LogP contribution in [0.4, 0.5) is 4.79 Å². The summed E-state index contributed by atoms with van der Waals surface area (Å²) in [6, 6.07) is -0.327. The van der Waals surface area contributed by atoms with Crippen LogP contribution in [-0.2, 0) is 14.3 Å². The number of methoxy groups -OCH3 is 1. The Morgan fingerprint density at radius 1 is 1.29 bits per heavy atom. The Hall–Kier alpha value is -1.79. The van der Waals surface area contributed by atoms with Crippen molar-refractivity contribution in [1.29, 1.82) is 5.41 Å². The zero-order valence-electron chi connectivity index (χ0n) is 10.5. The molecular weight excluding hydrogens is 226 g/mol. The van der Waals surface area contributed by atoms with Gasteiger partial charge >= 0.3 is 6.09 Å². The molecule has 7 nitrogen and oxygen atoms in total. The highest BCUT2D eigenvalue weighted by atomic mass is 16.6. The summed E-state index contributed by atoms with van der Waals surface area (Å²) in [6.07, 6.45) is -0.530. The van der Waals surface area contributed by atoms with E-state index in [9.17, 15) is 9.59 Å². The zero-order chi connectivity index (χ0) is 13.5. The lowest BCUT2D eigenvalue weighted by Crippen LogP contribution is -2.36. The number of carbonyl (C=O) groups is 2. The Balaban J connectivity index is 3.74. The molecular formula is C10H19N3O4. The third kappa shape index (κ3) is 9.16. The van der Waals surface area contributed by atoms with Gasteiger partial charge in [0.05, 0.1) is 7.11 Å². The molecule has 0 spiro atoms. The molecule has 0 saturated heterocycles. The van der Waals surface area contributed by atoms with E-state index in [1.165, 1.54) is 7.11 Å². The molecule has 0 aliphatic heterocycles. The van der Waals surface area contributed by atoms with Crippen molar-refractivity contribution in [1.82, 2.24) is 10.6 Å². The molecule has 0 aromatic rings. The van der Waals surface area contributed by atoms with Crippen molar-refractivity contribution >= 4 is 18.0 Å². The van der Waals surface area contributed by atoms with E-state index < -0.39 is 17.6 Å². The molecule has 0 heterocycles. The van der Waals surface area contributed by atoms with Crippen molar-refractivity contribution in [2.45, 2.75) is 32.8 Å². The minimum absolute atomic E-state index is 0.0466. The van der Waals surface area contributed by atoms with Crippen molar-refractivity contribution in [2.24, 2.45) is 0 Å². The van der Waals surface area contributed by atoms with Gasteiger partial charge in [0.2, 0.25) is 5.91 Å². The zero-order valence-corrected chi connectivity index (χ0v) is 10.5. The number of amides is 2. The lowest BCUT2D eigenvalue weighted by Gasteiger charge is -2.19. The average molecular weight is 245 g/mol. The molecule has 7 heteroatoms. The molecule has 3 N–H and O–H groups in total. The van der Waals surface area contributed by atoms with Crippen molar-refractivity contribution < 1.29 is 19.1 Å². The maximum absolute atomic E-state index is 11.2. The Kier molecular flexibility index (Phi) is 6.01. The van der Waals surface area contributed by atoms with E-state index in [0.29, 0.717) is 0 Å². The van der Waals surface area contributed by atoms with Crippen molar-refractivity contribution in [2.75, 3.05) is 13.7 Å². The average Bonchev–Trinajstić information content (AvgIpc) is 2.14. The van der Waals surface area contributed by atoms with E-state index in [4.69, 9.17) is 10.1 Å². The molecule has 0 fully saturated rings. The van der Waals surface area contributed by atoms with Crippen LogP contribution in [0.1, 0.15) is 27.2 Å². The van der Waals surface area contributed by atoms with E-state index in [1.54, 1.807) is 20.8 Å². The minimum atomic E-state index is -0.577.